The molecule has 0 aliphatic rings. The summed E-state index contributed by atoms with van der Waals surface area (Å²) in [5.74, 6) is 0.780. The first kappa shape index (κ1) is 17.9. The monoisotopic (exact) mass is 368 g/mol. The first-order valence-electron chi connectivity index (χ1n) is 8.08. The molecule has 0 bridgehead atoms. The Morgan fingerprint density at radius 1 is 1.04 bits per heavy atom. The molecule has 0 aliphatic heterocycles. The van der Waals surface area contributed by atoms with Crippen LogP contribution in [0.3, 0.4) is 0 Å². The molecule has 134 valence electrons. The van der Waals surface area contributed by atoms with Crippen LogP contribution in [-0.2, 0) is 0 Å². The number of nitrogens with zero attached hydrogens (tertiary/aromatic N) is 1. The Balaban J connectivity index is 1.83. The third-order valence-corrected chi connectivity index (χ3v) is 4.94. The molecule has 3 rings (SSSR count). The summed E-state index contributed by atoms with van der Waals surface area (Å²) in [6.45, 7) is 4.15. The summed E-state index contributed by atoms with van der Waals surface area (Å²) in [7, 11) is 3.08. The minimum absolute atomic E-state index is 0.290. The fourth-order valence-corrected chi connectivity index (χ4v) is 3.24. The molecule has 0 saturated heterocycles. The van der Waals surface area contributed by atoms with E-state index in [9.17, 15) is 4.79 Å². The number of amides is 1. The van der Waals surface area contributed by atoms with Gasteiger partial charge in [0.1, 0.15) is 11.5 Å². The van der Waals surface area contributed by atoms with Crippen molar-refractivity contribution in [1.29, 1.82) is 0 Å². The van der Waals surface area contributed by atoms with Gasteiger partial charge in [-0.2, -0.15) is 0 Å². The van der Waals surface area contributed by atoms with Crippen molar-refractivity contribution in [3.05, 3.63) is 58.5 Å². The molecular formula is C20H20N2O3S. The molecule has 2 aromatic carbocycles. The Labute approximate surface area is 156 Å². The van der Waals surface area contributed by atoms with Crippen molar-refractivity contribution in [3.63, 3.8) is 0 Å². The molecule has 0 fully saturated rings. The topological polar surface area (TPSA) is 60.5 Å². The number of carbonyl (C=O) groups excluding carboxylic acids is 1. The predicted molar refractivity (Wildman–Crippen MR) is 105 cm³/mol. The van der Waals surface area contributed by atoms with Crippen molar-refractivity contribution in [1.82, 2.24) is 4.98 Å². The quantitative estimate of drug-likeness (QED) is 0.709. The second kappa shape index (κ2) is 7.58. The van der Waals surface area contributed by atoms with Crippen molar-refractivity contribution in [2.45, 2.75) is 13.8 Å². The van der Waals surface area contributed by atoms with Crippen LogP contribution in [-0.4, -0.2) is 25.1 Å². The highest BCUT2D eigenvalue weighted by atomic mass is 32.1. The standard InChI is InChI=1S/C20H20N2O3S/c1-12-5-6-14(9-13(12)2)17-11-26-20(21-17)22-19(23)16-10-15(24-3)7-8-18(16)25-4/h5-11H,1-4H3,(H,21,22,23). The molecule has 5 nitrogen and oxygen atoms in total. The van der Waals surface area contributed by atoms with E-state index in [-0.39, 0.29) is 5.91 Å². The van der Waals surface area contributed by atoms with Gasteiger partial charge in [0.15, 0.2) is 5.13 Å². The molecule has 0 spiro atoms. The minimum Gasteiger partial charge on any atom is -0.497 e. The van der Waals surface area contributed by atoms with Crippen LogP contribution in [0.15, 0.2) is 41.8 Å². The van der Waals surface area contributed by atoms with Gasteiger partial charge >= 0.3 is 0 Å². The summed E-state index contributed by atoms with van der Waals surface area (Å²) in [5.41, 5.74) is 4.72. The molecule has 1 heterocycles. The average Bonchev–Trinajstić information content (AvgIpc) is 3.11. The summed E-state index contributed by atoms with van der Waals surface area (Å²) in [4.78, 5) is 17.2. The maximum atomic E-state index is 12.6. The molecule has 0 radical (unpaired) electrons. The smallest absolute Gasteiger partial charge is 0.261 e. The van der Waals surface area contributed by atoms with Crippen molar-refractivity contribution in [2.75, 3.05) is 19.5 Å². The van der Waals surface area contributed by atoms with E-state index >= 15 is 0 Å². The van der Waals surface area contributed by atoms with Crippen molar-refractivity contribution in [3.8, 4) is 22.8 Å². The molecule has 3 aromatic rings. The Hall–Kier alpha value is -2.86. The van der Waals surface area contributed by atoms with Gasteiger partial charge in [0.25, 0.3) is 5.91 Å². The van der Waals surface area contributed by atoms with Crippen molar-refractivity contribution < 1.29 is 14.3 Å². The van der Waals surface area contributed by atoms with E-state index in [1.165, 1.54) is 29.6 Å². The van der Waals surface area contributed by atoms with Crippen LogP contribution in [0.4, 0.5) is 5.13 Å². The van der Waals surface area contributed by atoms with E-state index in [0.29, 0.717) is 22.2 Å². The lowest BCUT2D eigenvalue weighted by atomic mass is 10.1. The molecule has 1 amide bonds. The number of aromatic nitrogens is 1. The number of aryl methyl sites for hydroxylation is 2. The highest BCUT2D eigenvalue weighted by Gasteiger charge is 2.16. The molecule has 1 N–H and O–H groups in total. The summed E-state index contributed by atoms with van der Waals surface area (Å²) in [6.07, 6.45) is 0. The second-order valence-electron chi connectivity index (χ2n) is 5.86. The molecule has 6 heteroatoms. The normalized spacial score (nSPS) is 10.5. The Morgan fingerprint density at radius 2 is 1.85 bits per heavy atom. The van der Waals surface area contributed by atoms with E-state index in [2.05, 4.69) is 36.3 Å². The van der Waals surface area contributed by atoms with E-state index in [1.54, 1.807) is 25.3 Å². The lowest BCUT2D eigenvalue weighted by molar-refractivity contribution is 0.102. The number of rotatable bonds is 5. The highest BCUT2D eigenvalue weighted by molar-refractivity contribution is 7.14. The van der Waals surface area contributed by atoms with E-state index in [4.69, 9.17) is 9.47 Å². The zero-order chi connectivity index (χ0) is 18.7. The fraction of sp³-hybridized carbons (Fsp3) is 0.200. The second-order valence-corrected chi connectivity index (χ2v) is 6.72. The van der Waals surface area contributed by atoms with Crippen LogP contribution in [0.25, 0.3) is 11.3 Å². The maximum Gasteiger partial charge on any atom is 0.261 e. The number of hydrogen-bond donors (Lipinski definition) is 1. The summed E-state index contributed by atoms with van der Waals surface area (Å²) in [5, 5.41) is 5.30. The van der Waals surface area contributed by atoms with Crippen LogP contribution in [0.1, 0.15) is 21.5 Å². The molecular weight excluding hydrogens is 348 g/mol. The molecule has 26 heavy (non-hydrogen) atoms. The van der Waals surface area contributed by atoms with Gasteiger partial charge < -0.3 is 9.47 Å². The van der Waals surface area contributed by atoms with E-state index in [1.807, 2.05) is 11.4 Å². The van der Waals surface area contributed by atoms with Gasteiger partial charge in [-0.1, -0.05) is 12.1 Å². The van der Waals surface area contributed by atoms with Gasteiger partial charge in [0, 0.05) is 10.9 Å². The van der Waals surface area contributed by atoms with Gasteiger partial charge in [-0.3, -0.25) is 10.1 Å². The molecule has 0 saturated carbocycles. The number of methoxy groups -OCH3 is 2. The highest BCUT2D eigenvalue weighted by Crippen LogP contribution is 2.28. The first-order valence-corrected chi connectivity index (χ1v) is 8.96. The lowest BCUT2D eigenvalue weighted by Crippen LogP contribution is -2.13. The third kappa shape index (κ3) is 3.70. The lowest BCUT2D eigenvalue weighted by Gasteiger charge is -2.09. The van der Waals surface area contributed by atoms with Gasteiger partial charge in [-0.05, 0) is 49.2 Å². The maximum absolute atomic E-state index is 12.6. The zero-order valence-corrected chi connectivity index (χ0v) is 15.9. The van der Waals surface area contributed by atoms with Crippen LogP contribution in [0.5, 0.6) is 11.5 Å². The van der Waals surface area contributed by atoms with Crippen molar-refractivity contribution in [2.24, 2.45) is 0 Å². The summed E-state index contributed by atoms with van der Waals surface area (Å²) >= 11 is 1.39. The van der Waals surface area contributed by atoms with Crippen LogP contribution in [0, 0.1) is 13.8 Å². The largest absolute Gasteiger partial charge is 0.497 e. The number of ether oxygens (including phenoxy) is 2. The average molecular weight is 368 g/mol. The number of anilines is 1. The zero-order valence-electron chi connectivity index (χ0n) is 15.1. The number of carbonyl (C=O) groups is 1. The van der Waals surface area contributed by atoms with Gasteiger partial charge in [0.05, 0.1) is 25.5 Å². The van der Waals surface area contributed by atoms with E-state index < -0.39 is 0 Å². The molecule has 0 aliphatic carbocycles. The summed E-state index contributed by atoms with van der Waals surface area (Å²) in [6, 6.07) is 11.3. The number of hydrogen-bond acceptors (Lipinski definition) is 5. The van der Waals surface area contributed by atoms with Gasteiger partial charge in [-0.15, -0.1) is 11.3 Å². The Bertz CT molecular complexity index is 950. The Kier molecular flexibility index (Phi) is 5.23. The van der Waals surface area contributed by atoms with Crippen LogP contribution in [0.2, 0.25) is 0 Å². The van der Waals surface area contributed by atoms with Gasteiger partial charge in [0.2, 0.25) is 0 Å². The predicted octanol–water partition coefficient (Wildman–Crippen LogP) is 4.70. The van der Waals surface area contributed by atoms with Gasteiger partial charge in [-0.25, -0.2) is 4.98 Å². The molecule has 1 aromatic heterocycles. The number of nitrogens with one attached hydrogen (secondary N) is 1. The minimum atomic E-state index is -0.290. The number of benzene rings is 2. The molecule has 0 unspecified atom stereocenters. The Morgan fingerprint density at radius 3 is 2.54 bits per heavy atom. The summed E-state index contributed by atoms with van der Waals surface area (Å²) < 4.78 is 10.5. The third-order valence-electron chi connectivity index (χ3n) is 4.18. The first-order chi connectivity index (χ1) is 12.5. The van der Waals surface area contributed by atoms with Crippen LogP contribution >= 0.6 is 11.3 Å². The SMILES string of the molecule is COc1ccc(OC)c(C(=O)Nc2nc(-c3ccc(C)c(C)c3)cs2)c1. The number of thiazole rings is 1. The molecule has 0 atom stereocenters. The van der Waals surface area contributed by atoms with Crippen LogP contribution < -0.4 is 14.8 Å². The fourth-order valence-electron chi connectivity index (χ4n) is 2.52. The van der Waals surface area contributed by atoms with E-state index in [0.717, 1.165) is 11.3 Å². The van der Waals surface area contributed by atoms with Crippen molar-refractivity contribution >= 4 is 22.4 Å².